The van der Waals surface area contributed by atoms with Crippen LogP contribution in [0.25, 0.3) is 10.8 Å². The van der Waals surface area contributed by atoms with Crippen molar-refractivity contribution in [3.8, 4) is 0 Å². The van der Waals surface area contributed by atoms with E-state index in [1.807, 2.05) is 74.5 Å². The largest absolute Gasteiger partial charge is 0.326 e. The van der Waals surface area contributed by atoms with Crippen LogP contribution in [0, 0.1) is 19.8 Å². The summed E-state index contributed by atoms with van der Waals surface area (Å²) in [5.41, 5.74) is 3.86. The predicted molar refractivity (Wildman–Crippen MR) is 109 cm³/mol. The number of benzene rings is 3. The van der Waals surface area contributed by atoms with Gasteiger partial charge >= 0.3 is 0 Å². The number of hydrogen-bond donors (Lipinski definition) is 1. The highest BCUT2D eigenvalue weighted by Gasteiger charge is 2.35. The molecule has 1 saturated heterocycles. The van der Waals surface area contributed by atoms with Crippen molar-refractivity contribution < 1.29 is 9.59 Å². The second-order valence-corrected chi connectivity index (χ2v) is 7.21. The van der Waals surface area contributed by atoms with Crippen molar-refractivity contribution in [1.82, 2.24) is 0 Å². The zero-order valence-corrected chi connectivity index (χ0v) is 15.5. The third-order valence-corrected chi connectivity index (χ3v) is 5.19. The number of anilines is 2. The molecule has 1 N–H and O–H groups in total. The Morgan fingerprint density at radius 2 is 1.81 bits per heavy atom. The fourth-order valence-corrected chi connectivity index (χ4v) is 3.75. The first-order valence-electron chi connectivity index (χ1n) is 9.19. The zero-order chi connectivity index (χ0) is 19.0. The lowest BCUT2D eigenvalue weighted by Gasteiger charge is -2.19. The standard InChI is InChI=1S/C23H22N2O2/c1-15-10-11-20(16(2)12-15)24-23(27)18-13-22(26)25(14-18)21-9-5-7-17-6-3-4-8-19(17)21/h3-12,18H,13-14H2,1-2H3,(H,24,27)/t18-/m1/s1. The van der Waals surface area contributed by atoms with Crippen LogP contribution in [0.4, 0.5) is 11.4 Å². The number of aryl methyl sites for hydroxylation is 2. The number of rotatable bonds is 3. The summed E-state index contributed by atoms with van der Waals surface area (Å²) in [7, 11) is 0. The lowest BCUT2D eigenvalue weighted by Crippen LogP contribution is -2.28. The summed E-state index contributed by atoms with van der Waals surface area (Å²) < 4.78 is 0. The van der Waals surface area contributed by atoms with Gasteiger partial charge < -0.3 is 10.2 Å². The molecule has 0 unspecified atom stereocenters. The number of carbonyl (C=O) groups excluding carboxylic acids is 2. The molecule has 0 spiro atoms. The van der Waals surface area contributed by atoms with E-state index in [0.717, 1.165) is 33.3 Å². The first kappa shape index (κ1) is 17.3. The maximum Gasteiger partial charge on any atom is 0.229 e. The van der Waals surface area contributed by atoms with Gasteiger partial charge in [0, 0.05) is 24.0 Å². The van der Waals surface area contributed by atoms with E-state index in [1.165, 1.54) is 0 Å². The van der Waals surface area contributed by atoms with Gasteiger partial charge in [0.25, 0.3) is 0 Å². The van der Waals surface area contributed by atoms with E-state index in [4.69, 9.17) is 0 Å². The molecule has 0 saturated carbocycles. The fourth-order valence-electron chi connectivity index (χ4n) is 3.75. The Bertz CT molecular complexity index is 1040. The van der Waals surface area contributed by atoms with Gasteiger partial charge in [0.05, 0.1) is 11.6 Å². The number of nitrogens with zero attached hydrogens (tertiary/aromatic N) is 1. The van der Waals surface area contributed by atoms with E-state index in [9.17, 15) is 9.59 Å². The molecule has 0 bridgehead atoms. The van der Waals surface area contributed by atoms with Gasteiger partial charge in [-0.3, -0.25) is 9.59 Å². The molecule has 0 radical (unpaired) electrons. The molecule has 1 aliphatic rings. The molecular weight excluding hydrogens is 336 g/mol. The van der Waals surface area contributed by atoms with Gasteiger partial charge in [-0.2, -0.15) is 0 Å². The molecule has 1 heterocycles. The normalized spacial score (nSPS) is 16.7. The lowest BCUT2D eigenvalue weighted by atomic mass is 10.1. The maximum atomic E-state index is 12.7. The lowest BCUT2D eigenvalue weighted by molar-refractivity contribution is -0.122. The average molecular weight is 358 g/mol. The molecule has 3 aromatic carbocycles. The van der Waals surface area contributed by atoms with Crippen LogP contribution in [0.2, 0.25) is 0 Å². The Labute approximate surface area is 158 Å². The summed E-state index contributed by atoms with van der Waals surface area (Å²) >= 11 is 0. The molecule has 27 heavy (non-hydrogen) atoms. The summed E-state index contributed by atoms with van der Waals surface area (Å²) in [6.45, 7) is 4.41. The van der Waals surface area contributed by atoms with Crippen LogP contribution in [0.15, 0.2) is 60.7 Å². The first-order chi connectivity index (χ1) is 13.0. The molecule has 4 nitrogen and oxygen atoms in total. The van der Waals surface area contributed by atoms with E-state index in [-0.39, 0.29) is 24.2 Å². The van der Waals surface area contributed by atoms with Gasteiger partial charge in [0.1, 0.15) is 0 Å². The van der Waals surface area contributed by atoms with Crippen LogP contribution in [0.3, 0.4) is 0 Å². The zero-order valence-electron chi connectivity index (χ0n) is 15.5. The molecule has 0 aromatic heterocycles. The van der Waals surface area contributed by atoms with Gasteiger partial charge in [0.15, 0.2) is 0 Å². The minimum atomic E-state index is -0.350. The van der Waals surface area contributed by atoms with Crippen LogP contribution in [0.1, 0.15) is 17.5 Å². The minimum Gasteiger partial charge on any atom is -0.326 e. The summed E-state index contributed by atoms with van der Waals surface area (Å²) in [4.78, 5) is 27.1. The van der Waals surface area contributed by atoms with Gasteiger partial charge in [-0.15, -0.1) is 0 Å². The highest BCUT2D eigenvalue weighted by molar-refractivity contribution is 6.08. The monoisotopic (exact) mass is 358 g/mol. The molecule has 3 aromatic rings. The van der Waals surface area contributed by atoms with Crippen LogP contribution in [0.5, 0.6) is 0 Å². The van der Waals surface area contributed by atoms with Crippen LogP contribution >= 0.6 is 0 Å². The molecule has 1 aliphatic heterocycles. The number of nitrogens with one attached hydrogen (secondary N) is 1. The molecule has 0 aliphatic carbocycles. The Morgan fingerprint density at radius 1 is 1.04 bits per heavy atom. The highest BCUT2D eigenvalue weighted by Crippen LogP contribution is 2.32. The van der Waals surface area contributed by atoms with Gasteiger partial charge in [-0.25, -0.2) is 0 Å². The van der Waals surface area contributed by atoms with Crippen LogP contribution in [-0.4, -0.2) is 18.4 Å². The van der Waals surface area contributed by atoms with Gasteiger partial charge in [-0.05, 0) is 36.9 Å². The van der Waals surface area contributed by atoms with E-state index in [1.54, 1.807) is 4.90 Å². The quantitative estimate of drug-likeness (QED) is 0.752. The summed E-state index contributed by atoms with van der Waals surface area (Å²) in [5, 5.41) is 5.11. The minimum absolute atomic E-state index is 0.00729. The van der Waals surface area contributed by atoms with E-state index in [2.05, 4.69) is 5.32 Å². The van der Waals surface area contributed by atoms with Crippen LogP contribution in [-0.2, 0) is 9.59 Å². The number of carbonyl (C=O) groups is 2. The Hall–Kier alpha value is -3.14. The van der Waals surface area contributed by atoms with Crippen molar-refractivity contribution >= 4 is 34.0 Å². The number of fused-ring (bicyclic) bond motifs is 1. The summed E-state index contributed by atoms with van der Waals surface area (Å²) in [5.74, 6) is -0.456. The van der Waals surface area contributed by atoms with E-state index >= 15 is 0 Å². The molecule has 1 fully saturated rings. The van der Waals surface area contributed by atoms with Gasteiger partial charge in [-0.1, -0.05) is 54.1 Å². The van der Waals surface area contributed by atoms with Gasteiger partial charge in [0.2, 0.25) is 11.8 Å². The molecule has 2 amide bonds. The highest BCUT2D eigenvalue weighted by atomic mass is 16.2. The SMILES string of the molecule is Cc1ccc(NC(=O)[C@@H]2CC(=O)N(c3cccc4ccccc34)C2)c(C)c1. The Morgan fingerprint density at radius 3 is 2.63 bits per heavy atom. The van der Waals surface area contributed by atoms with Crippen molar-refractivity contribution in [2.75, 3.05) is 16.8 Å². The molecule has 4 rings (SSSR count). The Kier molecular flexibility index (Phi) is 4.40. The maximum absolute atomic E-state index is 12.7. The molecular formula is C23H22N2O2. The predicted octanol–water partition coefficient (Wildman–Crippen LogP) is 4.45. The smallest absolute Gasteiger partial charge is 0.229 e. The van der Waals surface area contributed by atoms with Crippen LogP contribution < -0.4 is 10.2 Å². The third-order valence-electron chi connectivity index (χ3n) is 5.19. The summed E-state index contributed by atoms with van der Waals surface area (Å²) in [6, 6.07) is 19.9. The molecule has 1 atom stereocenters. The number of amides is 2. The fraction of sp³-hybridized carbons (Fsp3) is 0.217. The van der Waals surface area contributed by atoms with Crippen molar-refractivity contribution in [2.24, 2.45) is 5.92 Å². The number of hydrogen-bond acceptors (Lipinski definition) is 2. The Balaban J connectivity index is 1.56. The third kappa shape index (κ3) is 3.31. The van der Waals surface area contributed by atoms with E-state index in [0.29, 0.717) is 6.54 Å². The van der Waals surface area contributed by atoms with Crippen molar-refractivity contribution in [3.63, 3.8) is 0 Å². The van der Waals surface area contributed by atoms with Crippen molar-refractivity contribution in [3.05, 3.63) is 71.8 Å². The molecule has 4 heteroatoms. The summed E-state index contributed by atoms with van der Waals surface area (Å²) in [6.07, 6.45) is 0.236. The second-order valence-electron chi connectivity index (χ2n) is 7.21. The average Bonchev–Trinajstić information content (AvgIpc) is 3.05. The first-order valence-corrected chi connectivity index (χ1v) is 9.19. The van der Waals surface area contributed by atoms with Crippen molar-refractivity contribution in [2.45, 2.75) is 20.3 Å². The van der Waals surface area contributed by atoms with Crippen molar-refractivity contribution in [1.29, 1.82) is 0 Å². The molecule has 136 valence electrons. The second kappa shape index (κ2) is 6.88. The topological polar surface area (TPSA) is 49.4 Å². The van der Waals surface area contributed by atoms with E-state index < -0.39 is 0 Å².